The lowest BCUT2D eigenvalue weighted by Gasteiger charge is -2.24. The van der Waals surface area contributed by atoms with Crippen LogP contribution in [0.4, 0.5) is 0 Å². The van der Waals surface area contributed by atoms with Gasteiger partial charge in [0.1, 0.15) is 6.04 Å². The van der Waals surface area contributed by atoms with E-state index in [2.05, 4.69) is 0 Å². The summed E-state index contributed by atoms with van der Waals surface area (Å²) in [5, 5.41) is 8.46. The number of rotatable bonds is 5. The molecule has 0 aliphatic heterocycles. The third kappa shape index (κ3) is 4.29. The minimum Gasteiger partial charge on any atom is -0.383 e. The Morgan fingerprint density at radius 3 is 2.67 bits per heavy atom. The molecule has 0 fully saturated rings. The van der Waals surface area contributed by atoms with Crippen molar-refractivity contribution < 1.29 is 4.74 Å². The van der Waals surface area contributed by atoms with Crippen LogP contribution in [0.1, 0.15) is 6.92 Å². The molecule has 0 spiro atoms. The zero-order chi connectivity index (χ0) is 9.56. The van der Waals surface area contributed by atoms with Crippen LogP contribution in [-0.2, 0) is 4.74 Å². The number of likely N-dealkylation sites (N-methyl/N-ethyl adjacent to an activating group) is 1. The maximum atomic E-state index is 8.46. The van der Waals surface area contributed by atoms with Crippen molar-refractivity contribution in [3.63, 3.8) is 0 Å². The highest BCUT2D eigenvalue weighted by atomic mass is 16.5. The van der Waals surface area contributed by atoms with Crippen molar-refractivity contribution in [1.29, 1.82) is 5.26 Å². The predicted molar refractivity (Wildman–Crippen MR) is 47.6 cm³/mol. The Hall–Kier alpha value is -0.630. The number of ether oxygens (including phenoxy) is 1. The molecular formula is C8H17N3O. The molecule has 0 aliphatic carbocycles. The molecule has 0 bridgehead atoms. The second kappa shape index (κ2) is 5.95. The summed E-state index contributed by atoms with van der Waals surface area (Å²) in [5.74, 6) is 0. The predicted octanol–water partition coefficient (Wildman–Crippen LogP) is -0.196. The van der Waals surface area contributed by atoms with Crippen LogP contribution in [0.5, 0.6) is 0 Å². The van der Waals surface area contributed by atoms with Gasteiger partial charge >= 0.3 is 0 Å². The molecule has 2 unspecified atom stereocenters. The van der Waals surface area contributed by atoms with Crippen LogP contribution >= 0.6 is 0 Å². The molecule has 2 atom stereocenters. The first-order chi connectivity index (χ1) is 5.61. The quantitative estimate of drug-likeness (QED) is 0.622. The van der Waals surface area contributed by atoms with Crippen molar-refractivity contribution in [2.75, 3.05) is 27.3 Å². The van der Waals surface area contributed by atoms with Gasteiger partial charge in [0.2, 0.25) is 0 Å². The molecule has 0 aromatic heterocycles. The molecule has 0 heterocycles. The highest BCUT2D eigenvalue weighted by molar-refractivity contribution is 4.89. The maximum Gasteiger partial charge on any atom is 0.106 e. The number of nitriles is 1. The molecule has 0 amide bonds. The Morgan fingerprint density at radius 2 is 2.25 bits per heavy atom. The molecule has 0 aromatic carbocycles. The van der Waals surface area contributed by atoms with Crippen LogP contribution in [0.25, 0.3) is 0 Å². The Morgan fingerprint density at radius 1 is 1.67 bits per heavy atom. The van der Waals surface area contributed by atoms with Crippen LogP contribution in [0.2, 0.25) is 0 Å². The van der Waals surface area contributed by atoms with Gasteiger partial charge in [-0.15, -0.1) is 0 Å². The molecule has 2 N–H and O–H groups in total. The zero-order valence-electron chi connectivity index (χ0n) is 7.95. The van der Waals surface area contributed by atoms with Gasteiger partial charge in [0.05, 0.1) is 12.7 Å². The monoisotopic (exact) mass is 171 g/mol. The van der Waals surface area contributed by atoms with Gasteiger partial charge in [0.15, 0.2) is 0 Å². The summed E-state index contributed by atoms with van der Waals surface area (Å²) in [6, 6.07) is 1.88. The fraction of sp³-hybridized carbons (Fsp3) is 0.875. The van der Waals surface area contributed by atoms with Gasteiger partial charge in [-0.2, -0.15) is 5.26 Å². The molecule has 0 rings (SSSR count). The Bertz CT molecular complexity index is 155. The highest BCUT2D eigenvalue weighted by Crippen LogP contribution is 1.96. The first-order valence-corrected chi connectivity index (χ1v) is 3.96. The normalized spacial score (nSPS) is 15.7. The van der Waals surface area contributed by atoms with Gasteiger partial charge in [-0.25, -0.2) is 0 Å². The SMILES string of the molecule is COCC(C)N(C)CC(N)C#N. The van der Waals surface area contributed by atoms with Gasteiger partial charge in [-0.05, 0) is 14.0 Å². The smallest absolute Gasteiger partial charge is 0.106 e. The van der Waals surface area contributed by atoms with Crippen molar-refractivity contribution in [3.8, 4) is 6.07 Å². The van der Waals surface area contributed by atoms with E-state index < -0.39 is 6.04 Å². The first-order valence-electron chi connectivity index (χ1n) is 3.96. The minimum absolute atomic E-state index is 0.300. The van der Waals surface area contributed by atoms with E-state index in [1.165, 1.54) is 0 Å². The van der Waals surface area contributed by atoms with Gasteiger partial charge in [0.25, 0.3) is 0 Å². The minimum atomic E-state index is -0.408. The van der Waals surface area contributed by atoms with Gasteiger partial charge < -0.3 is 10.5 Å². The molecule has 0 aliphatic rings. The molecule has 0 aromatic rings. The lowest BCUT2D eigenvalue weighted by molar-refractivity contribution is 0.115. The maximum absolute atomic E-state index is 8.46. The molecule has 70 valence electrons. The van der Waals surface area contributed by atoms with Crippen LogP contribution in [0, 0.1) is 11.3 Å². The Balaban J connectivity index is 3.71. The van der Waals surface area contributed by atoms with Crippen LogP contribution in [-0.4, -0.2) is 44.3 Å². The van der Waals surface area contributed by atoms with E-state index in [1.54, 1.807) is 7.11 Å². The lowest BCUT2D eigenvalue weighted by atomic mass is 10.2. The molecule has 0 saturated carbocycles. The van der Waals surface area contributed by atoms with E-state index >= 15 is 0 Å². The van der Waals surface area contributed by atoms with Crippen molar-refractivity contribution >= 4 is 0 Å². The second-order valence-corrected chi connectivity index (χ2v) is 2.98. The van der Waals surface area contributed by atoms with E-state index in [1.807, 2.05) is 24.9 Å². The van der Waals surface area contributed by atoms with Gasteiger partial charge in [-0.1, -0.05) is 0 Å². The molecule has 0 radical (unpaired) electrons. The van der Waals surface area contributed by atoms with E-state index in [-0.39, 0.29) is 0 Å². The summed E-state index contributed by atoms with van der Waals surface area (Å²) in [4.78, 5) is 2.01. The Labute approximate surface area is 73.9 Å². The molecular weight excluding hydrogens is 154 g/mol. The summed E-state index contributed by atoms with van der Waals surface area (Å²) < 4.78 is 4.97. The second-order valence-electron chi connectivity index (χ2n) is 2.98. The molecule has 4 heteroatoms. The fourth-order valence-electron chi connectivity index (χ4n) is 0.899. The number of nitrogens with two attached hydrogens (primary N) is 1. The highest BCUT2D eigenvalue weighted by Gasteiger charge is 2.11. The summed E-state index contributed by atoms with van der Waals surface area (Å²) >= 11 is 0. The van der Waals surface area contributed by atoms with Crippen LogP contribution < -0.4 is 5.73 Å². The first kappa shape index (κ1) is 11.4. The molecule has 12 heavy (non-hydrogen) atoms. The van der Waals surface area contributed by atoms with E-state index in [4.69, 9.17) is 15.7 Å². The molecule has 4 nitrogen and oxygen atoms in total. The van der Waals surface area contributed by atoms with E-state index in [0.717, 1.165) is 0 Å². The van der Waals surface area contributed by atoms with Crippen molar-refractivity contribution in [1.82, 2.24) is 4.90 Å². The summed E-state index contributed by atoms with van der Waals surface area (Å²) in [5.41, 5.74) is 5.46. The van der Waals surface area contributed by atoms with Gasteiger partial charge in [0, 0.05) is 19.7 Å². The van der Waals surface area contributed by atoms with E-state index in [0.29, 0.717) is 19.2 Å². The standard InChI is InChI=1S/C8H17N3O/c1-7(6-12-3)11(2)5-8(10)4-9/h7-8H,5-6,10H2,1-3H3. The Kier molecular flexibility index (Phi) is 5.64. The largest absolute Gasteiger partial charge is 0.383 e. The number of hydrogen-bond acceptors (Lipinski definition) is 4. The molecule has 0 saturated heterocycles. The van der Waals surface area contributed by atoms with Crippen LogP contribution in [0.15, 0.2) is 0 Å². The van der Waals surface area contributed by atoms with E-state index in [9.17, 15) is 0 Å². The summed E-state index contributed by atoms with van der Waals surface area (Å²) in [6.45, 7) is 3.28. The number of methoxy groups -OCH3 is 1. The topological polar surface area (TPSA) is 62.3 Å². The summed E-state index contributed by atoms with van der Waals surface area (Å²) in [6.07, 6.45) is 0. The summed E-state index contributed by atoms with van der Waals surface area (Å²) in [7, 11) is 3.59. The van der Waals surface area contributed by atoms with Crippen molar-refractivity contribution in [2.45, 2.75) is 19.0 Å². The van der Waals surface area contributed by atoms with Crippen LogP contribution in [0.3, 0.4) is 0 Å². The fourth-order valence-corrected chi connectivity index (χ4v) is 0.899. The average Bonchev–Trinajstić information content (AvgIpc) is 2.04. The number of hydrogen-bond donors (Lipinski definition) is 1. The van der Waals surface area contributed by atoms with Gasteiger partial charge in [-0.3, -0.25) is 4.90 Å². The zero-order valence-corrected chi connectivity index (χ0v) is 7.95. The third-order valence-electron chi connectivity index (χ3n) is 1.81. The van der Waals surface area contributed by atoms with Crippen molar-refractivity contribution in [3.05, 3.63) is 0 Å². The van der Waals surface area contributed by atoms with Crippen molar-refractivity contribution in [2.24, 2.45) is 5.73 Å². The lowest BCUT2D eigenvalue weighted by Crippen LogP contribution is -2.40. The third-order valence-corrected chi connectivity index (χ3v) is 1.81. The average molecular weight is 171 g/mol. The number of nitrogens with zero attached hydrogens (tertiary/aromatic N) is 2.